The number of hydrogen-bond acceptors (Lipinski definition) is 4. The highest BCUT2D eigenvalue weighted by Gasteiger charge is 2.27. The number of amides is 2. The van der Waals surface area contributed by atoms with E-state index in [4.69, 9.17) is 14.2 Å². The predicted octanol–water partition coefficient (Wildman–Crippen LogP) is 5.27. The summed E-state index contributed by atoms with van der Waals surface area (Å²) in [6.45, 7) is 4.18. The van der Waals surface area contributed by atoms with Crippen LogP contribution in [0.15, 0.2) is 36.4 Å². The van der Waals surface area contributed by atoms with Gasteiger partial charge in [0, 0.05) is 16.6 Å². The first-order valence-electron chi connectivity index (χ1n) is 11.4. The normalized spacial score (nSPS) is 16.2. The van der Waals surface area contributed by atoms with E-state index in [9.17, 15) is 4.79 Å². The molecule has 2 atom stereocenters. The lowest BCUT2D eigenvalue weighted by atomic mass is 9.91. The van der Waals surface area contributed by atoms with Gasteiger partial charge in [0.25, 0.3) is 0 Å². The summed E-state index contributed by atoms with van der Waals surface area (Å²) in [5, 5.41) is 7.54. The monoisotopic (exact) mass is 451 g/mol. The highest BCUT2D eigenvalue weighted by Crippen LogP contribution is 2.36. The minimum absolute atomic E-state index is 0.0645. The smallest absolute Gasteiger partial charge is 0.315 e. The van der Waals surface area contributed by atoms with Crippen LogP contribution in [0.3, 0.4) is 0 Å². The Labute approximate surface area is 194 Å². The molecule has 4 rings (SSSR count). The van der Waals surface area contributed by atoms with E-state index < -0.39 is 0 Å². The van der Waals surface area contributed by atoms with Gasteiger partial charge in [0.15, 0.2) is 11.5 Å². The molecule has 2 amide bonds. The molecule has 2 aromatic carbocycles. The van der Waals surface area contributed by atoms with Gasteiger partial charge in [-0.1, -0.05) is 19.9 Å². The summed E-state index contributed by atoms with van der Waals surface area (Å²) >= 11 is 0. The standard InChI is InChI=1S/C26H33N3O4/c1-15(2)24(16-9-12-22(32-4)23(13-16)33-5)29-26(30)28-21-8-6-7-18-19-14-17(31-3)10-11-20(19)27-25(18)21/h9-15,21,24,27H,6-8H2,1-5H3,(H2,28,29,30)/t21-,24-/m1/s1. The molecular weight excluding hydrogens is 418 g/mol. The first kappa shape index (κ1) is 22.8. The lowest BCUT2D eigenvalue weighted by molar-refractivity contribution is 0.227. The predicted molar refractivity (Wildman–Crippen MR) is 129 cm³/mol. The molecule has 3 aromatic rings. The van der Waals surface area contributed by atoms with Crippen molar-refractivity contribution in [2.75, 3.05) is 21.3 Å². The van der Waals surface area contributed by atoms with Crippen molar-refractivity contribution < 1.29 is 19.0 Å². The quantitative estimate of drug-likeness (QED) is 0.457. The van der Waals surface area contributed by atoms with Gasteiger partial charge in [-0.3, -0.25) is 0 Å². The maximum absolute atomic E-state index is 13.1. The SMILES string of the molecule is COc1ccc2[nH]c3c(c2c1)CCC[C@H]3NC(=O)N[C@@H](c1ccc(OC)c(OC)c1)C(C)C. The maximum Gasteiger partial charge on any atom is 0.315 e. The second kappa shape index (κ2) is 9.65. The lowest BCUT2D eigenvalue weighted by Crippen LogP contribution is -2.42. The number of urea groups is 1. The number of H-pyrrole nitrogens is 1. The summed E-state index contributed by atoms with van der Waals surface area (Å²) in [5.41, 5.74) is 4.40. The van der Waals surface area contributed by atoms with Gasteiger partial charge in [0.05, 0.1) is 33.4 Å². The molecule has 1 aliphatic rings. The fraction of sp³-hybridized carbons (Fsp3) is 0.423. The van der Waals surface area contributed by atoms with Gasteiger partial charge >= 0.3 is 6.03 Å². The van der Waals surface area contributed by atoms with Crippen LogP contribution in [0, 0.1) is 5.92 Å². The van der Waals surface area contributed by atoms with Gasteiger partial charge in [0.2, 0.25) is 0 Å². The summed E-state index contributed by atoms with van der Waals surface area (Å²) in [7, 11) is 4.91. The van der Waals surface area contributed by atoms with E-state index in [1.54, 1.807) is 21.3 Å². The second-order valence-electron chi connectivity index (χ2n) is 8.83. The van der Waals surface area contributed by atoms with Crippen molar-refractivity contribution in [1.82, 2.24) is 15.6 Å². The molecule has 1 aliphatic carbocycles. The number of carbonyl (C=O) groups excluding carboxylic acids is 1. The van der Waals surface area contributed by atoms with Crippen LogP contribution in [-0.2, 0) is 6.42 Å². The van der Waals surface area contributed by atoms with E-state index in [2.05, 4.69) is 35.5 Å². The highest BCUT2D eigenvalue weighted by molar-refractivity contribution is 5.87. The molecule has 1 aromatic heterocycles. The average Bonchev–Trinajstić information content (AvgIpc) is 3.20. The van der Waals surface area contributed by atoms with Gasteiger partial charge in [-0.2, -0.15) is 0 Å². The van der Waals surface area contributed by atoms with Crippen molar-refractivity contribution in [1.29, 1.82) is 0 Å². The number of methoxy groups -OCH3 is 3. The van der Waals surface area contributed by atoms with Crippen LogP contribution in [0.4, 0.5) is 4.79 Å². The first-order chi connectivity index (χ1) is 15.9. The van der Waals surface area contributed by atoms with E-state index in [1.165, 1.54) is 10.9 Å². The molecule has 0 unspecified atom stereocenters. The van der Waals surface area contributed by atoms with Crippen LogP contribution in [0.25, 0.3) is 10.9 Å². The molecular formula is C26H33N3O4. The van der Waals surface area contributed by atoms with Crippen molar-refractivity contribution in [2.24, 2.45) is 5.92 Å². The third-order valence-electron chi connectivity index (χ3n) is 6.44. The fourth-order valence-corrected chi connectivity index (χ4v) is 4.74. The summed E-state index contributed by atoms with van der Waals surface area (Å²) in [6.07, 6.45) is 2.90. The lowest BCUT2D eigenvalue weighted by Gasteiger charge is -2.27. The number of aromatic amines is 1. The number of ether oxygens (including phenoxy) is 3. The fourth-order valence-electron chi connectivity index (χ4n) is 4.74. The molecule has 0 saturated carbocycles. The van der Waals surface area contributed by atoms with Gasteiger partial charge in [-0.05, 0) is 66.6 Å². The number of carbonyl (C=O) groups is 1. The van der Waals surface area contributed by atoms with Crippen molar-refractivity contribution in [2.45, 2.75) is 45.2 Å². The molecule has 176 valence electrons. The average molecular weight is 452 g/mol. The third-order valence-corrected chi connectivity index (χ3v) is 6.44. The summed E-state index contributed by atoms with van der Waals surface area (Å²) in [5.74, 6) is 2.34. The highest BCUT2D eigenvalue weighted by atomic mass is 16.5. The van der Waals surface area contributed by atoms with Crippen LogP contribution in [0.1, 0.15) is 55.6 Å². The molecule has 33 heavy (non-hydrogen) atoms. The second-order valence-corrected chi connectivity index (χ2v) is 8.83. The number of benzene rings is 2. The third kappa shape index (κ3) is 4.58. The first-order valence-corrected chi connectivity index (χ1v) is 11.4. The topological polar surface area (TPSA) is 84.6 Å². The molecule has 7 heteroatoms. The molecule has 0 radical (unpaired) electrons. The van der Waals surface area contributed by atoms with Crippen molar-refractivity contribution >= 4 is 16.9 Å². The Bertz CT molecular complexity index is 1140. The largest absolute Gasteiger partial charge is 0.497 e. The molecule has 1 heterocycles. The number of nitrogens with one attached hydrogen (secondary N) is 3. The van der Waals surface area contributed by atoms with Crippen molar-refractivity contribution in [3.05, 3.63) is 53.2 Å². The number of aromatic nitrogens is 1. The Morgan fingerprint density at radius 1 is 1.03 bits per heavy atom. The number of hydrogen-bond donors (Lipinski definition) is 3. The van der Waals surface area contributed by atoms with Crippen LogP contribution < -0.4 is 24.8 Å². The van der Waals surface area contributed by atoms with Crippen LogP contribution in [-0.4, -0.2) is 32.3 Å². The van der Waals surface area contributed by atoms with Crippen LogP contribution >= 0.6 is 0 Å². The zero-order valence-corrected chi connectivity index (χ0v) is 20.0. The Hall–Kier alpha value is -3.35. The minimum atomic E-state index is -0.183. The number of rotatable bonds is 7. The summed E-state index contributed by atoms with van der Waals surface area (Å²) in [6, 6.07) is 11.4. The zero-order valence-electron chi connectivity index (χ0n) is 20.0. The van der Waals surface area contributed by atoms with Crippen LogP contribution in [0.5, 0.6) is 17.2 Å². The number of aryl methyl sites for hydroxylation is 1. The molecule has 0 fully saturated rings. The molecule has 0 saturated heterocycles. The maximum atomic E-state index is 13.1. The van der Waals surface area contributed by atoms with Gasteiger partial charge in [0.1, 0.15) is 5.75 Å². The molecule has 0 aliphatic heterocycles. The number of fused-ring (bicyclic) bond motifs is 3. The Kier molecular flexibility index (Phi) is 6.67. The Morgan fingerprint density at radius 2 is 1.82 bits per heavy atom. The summed E-state index contributed by atoms with van der Waals surface area (Å²) in [4.78, 5) is 16.6. The van der Waals surface area contributed by atoms with Crippen molar-refractivity contribution in [3.63, 3.8) is 0 Å². The van der Waals surface area contributed by atoms with Gasteiger partial charge in [-0.25, -0.2) is 4.79 Å². The van der Waals surface area contributed by atoms with E-state index in [0.29, 0.717) is 11.5 Å². The van der Waals surface area contributed by atoms with Crippen LogP contribution in [0.2, 0.25) is 0 Å². The Balaban J connectivity index is 1.54. The molecule has 0 bridgehead atoms. The van der Waals surface area contributed by atoms with E-state index >= 15 is 0 Å². The van der Waals surface area contributed by atoms with Gasteiger partial charge in [-0.15, -0.1) is 0 Å². The molecule has 7 nitrogen and oxygen atoms in total. The van der Waals surface area contributed by atoms with E-state index in [0.717, 1.165) is 41.8 Å². The van der Waals surface area contributed by atoms with E-state index in [-0.39, 0.29) is 24.0 Å². The molecule has 0 spiro atoms. The Morgan fingerprint density at radius 3 is 2.52 bits per heavy atom. The van der Waals surface area contributed by atoms with Crippen molar-refractivity contribution in [3.8, 4) is 17.2 Å². The minimum Gasteiger partial charge on any atom is -0.497 e. The van der Waals surface area contributed by atoms with E-state index in [1.807, 2.05) is 30.3 Å². The van der Waals surface area contributed by atoms with Gasteiger partial charge < -0.3 is 29.8 Å². The summed E-state index contributed by atoms with van der Waals surface area (Å²) < 4.78 is 16.2. The molecule has 3 N–H and O–H groups in total. The zero-order chi connectivity index (χ0) is 23.5.